The Labute approximate surface area is 101 Å². The predicted molar refractivity (Wildman–Crippen MR) is 57.4 cm³/mol. The van der Waals surface area contributed by atoms with E-state index in [1.54, 1.807) is 0 Å². The maximum absolute atomic E-state index is 11.6. The van der Waals surface area contributed by atoms with Gasteiger partial charge in [-0.05, 0) is 0 Å². The van der Waals surface area contributed by atoms with Crippen molar-refractivity contribution in [2.24, 2.45) is 5.92 Å². The third-order valence-corrected chi connectivity index (χ3v) is 2.82. The minimum atomic E-state index is -1.19. The highest BCUT2D eigenvalue weighted by Crippen LogP contribution is 2.33. The number of aromatic nitrogens is 2. The Kier molecular flexibility index (Phi) is 3.29. The van der Waals surface area contributed by atoms with E-state index in [0.717, 1.165) is 10.6 Å². The quantitative estimate of drug-likeness (QED) is 0.555. The van der Waals surface area contributed by atoms with Crippen molar-refractivity contribution < 1.29 is 14.9 Å². The van der Waals surface area contributed by atoms with E-state index in [2.05, 4.69) is 0 Å². The number of rotatable bonds is 2. The van der Waals surface area contributed by atoms with Crippen molar-refractivity contribution in [2.45, 2.75) is 18.4 Å². The molecule has 0 aliphatic carbocycles. The van der Waals surface area contributed by atoms with Gasteiger partial charge in [-0.25, -0.2) is 4.79 Å². The molecule has 1 fully saturated rings. The van der Waals surface area contributed by atoms with Gasteiger partial charge in [-0.3, -0.25) is 14.3 Å². The van der Waals surface area contributed by atoms with Gasteiger partial charge in [0, 0.05) is 12.3 Å². The van der Waals surface area contributed by atoms with Crippen molar-refractivity contribution in [3.05, 3.63) is 33.1 Å². The van der Waals surface area contributed by atoms with Gasteiger partial charge in [-0.15, -0.1) is 0 Å². The summed E-state index contributed by atoms with van der Waals surface area (Å²) in [6, 6.07) is 2.94. The lowest BCUT2D eigenvalue weighted by Gasteiger charge is -2.15. The van der Waals surface area contributed by atoms with Gasteiger partial charge in [0.05, 0.1) is 12.7 Å². The first-order chi connectivity index (χ1) is 8.58. The molecule has 1 saturated heterocycles. The Hall–Kier alpha value is -1.95. The van der Waals surface area contributed by atoms with Gasteiger partial charge >= 0.3 is 5.69 Å². The summed E-state index contributed by atoms with van der Waals surface area (Å²) in [6.07, 6.45) is -1.98. The number of nitrogens with zero attached hydrogens (tertiary/aromatic N) is 2. The van der Waals surface area contributed by atoms with Crippen LogP contribution in [-0.4, -0.2) is 38.6 Å². The number of hydrogen-bond donors (Lipinski definition) is 3. The van der Waals surface area contributed by atoms with E-state index < -0.39 is 42.2 Å². The van der Waals surface area contributed by atoms with E-state index >= 15 is 0 Å². The molecule has 1 aromatic rings. The van der Waals surface area contributed by atoms with Gasteiger partial charge < -0.3 is 14.9 Å². The monoisotopic (exact) mass is 253 g/mol. The summed E-state index contributed by atoms with van der Waals surface area (Å²) in [5, 5.41) is 27.7. The molecule has 0 amide bonds. The number of aromatic amines is 1. The minimum Gasteiger partial charge on any atom is -0.394 e. The molecule has 0 bridgehead atoms. The third kappa shape index (κ3) is 1.95. The van der Waals surface area contributed by atoms with Gasteiger partial charge in [-0.1, -0.05) is 0 Å². The van der Waals surface area contributed by atoms with Crippen molar-refractivity contribution in [1.82, 2.24) is 9.55 Å². The van der Waals surface area contributed by atoms with Crippen LogP contribution < -0.4 is 11.2 Å². The molecule has 0 spiro atoms. The minimum absolute atomic E-state index is 0.464. The fourth-order valence-electron chi connectivity index (χ4n) is 1.90. The lowest BCUT2D eigenvalue weighted by atomic mass is 10.0. The van der Waals surface area contributed by atoms with Gasteiger partial charge in [0.1, 0.15) is 18.1 Å². The molecule has 3 N–H and O–H groups in total. The maximum Gasteiger partial charge on any atom is 0.330 e. The number of hydrogen-bond acceptors (Lipinski definition) is 6. The maximum atomic E-state index is 11.6. The van der Waals surface area contributed by atoms with E-state index in [1.165, 1.54) is 6.20 Å². The normalized spacial score (nSPS) is 31.2. The predicted octanol–water partition coefficient (Wildman–Crippen LogP) is -2.07. The molecule has 4 atom stereocenters. The van der Waals surface area contributed by atoms with E-state index in [1.807, 2.05) is 11.1 Å². The van der Waals surface area contributed by atoms with Crippen LogP contribution in [0, 0.1) is 17.2 Å². The molecule has 1 aliphatic rings. The first-order valence-corrected chi connectivity index (χ1v) is 5.24. The summed E-state index contributed by atoms with van der Waals surface area (Å²) < 4.78 is 6.26. The number of ether oxygens (including phenoxy) is 1. The smallest absolute Gasteiger partial charge is 0.330 e. The van der Waals surface area contributed by atoms with Crippen molar-refractivity contribution >= 4 is 0 Å². The number of nitrogens with one attached hydrogen (secondary N) is 1. The van der Waals surface area contributed by atoms with Crippen LogP contribution in [0.5, 0.6) is 0 Å². The second-order valence-corrected chi connectivity index (χ2v) is 3.91. The van der Waals surface area contributed by atoms with Crippen molar-refractivity contribution in [2.75, 3.05) is 6.61 Å². The van der Waals surface area contributed by atoms with Gasteiger partial charge in [0.15, 0.2) is 6.23 Å². The summed E-state index contributed by atoms with van der Waals surface area (Å²) in [6.45, 7) is -0.464. The van der Waals surface area contributed by atoms with Gasteiger partial charge in [0.25, 0.3) is 5.56 Å². The van der Waals surface area contributed by atoms with Crippen LogP contribution in [0.15, 0.2) is 21.9 Å². The Morgan fingerprint density at radius 1 is 1.56 bits per heavy atom. The molecule has 1 aromatic heterocycles. The summed E-state index contributed by atoms with van der Waals surface area (Å²) in [4.78, 5) is 24.5. The molecule has 0 aromatic carbocycles. The van der Waals surface area contributed by atoms with Crippen LogP contribution in [0.25, 0.3) is 0 Å². The van der Waals surface area contributed by atoms with Crippen LogP contribution in [0.4, 0.5) is 0 Å². The van der Waals surface area contributed by atoms with E-state index in [4.69, 9.17) is 15.1 Å². The van der Waals surface area contributed by atoms with Crippen LogP contribution in [0.2, 0.25) is 0 Å². The zero-order valence-electron chi connectivity index (χ0n) is 9.18. The van der Waals surface area contributed by atoms with Gasteiger partial charge in [-0.2, -0.15) is 5.26 Å². The van der Waals surface area contributed by atoms with Crippen molar-refractivity contribution in [3.63, 3.8) is 0 Å². The largest absolute Gasteiger partial charge is 0.394 e. The second kappa shape index (κ2) is 4.73. The van der Waals surface area contributed by atoms with Crippen molar-refractivity contribution in [1.29, 1.82) is 5.26 Å². The summed E-state index contributed by atoms with van der Waals surface area (Å²) in [7, 11) is 0. The Balaban J connectivity index is 2.42. The highest BCUT2D eigenvalue weighted by molar-refractivity contribution is 5.01. The molecule has 2 rings (SSSR count). The third-order valence-electron chi connectivity index (χ3n) is 2.82. The summed E-state index contributed by atoms with van der Waals surface area (Å²) in [5.74, 6) is -0.995. The van der Waals surface area contributed by atoms with E-state index in [0.29, 0.717) is 0 Å². The fraction of sp³-hybridized carbons (Fsp3) is 0.500. The Morgan fingerprint density at radius 2 is 2.28 bits per heavy atom. The highest BCUT2D eigenvalue weighted by atomic mass is 16.5. The lowest BCUT2D eigenvalue weighted by molar-refractivity contribution is -0.0470. The average Bonchev–Trinajstić information content (AvgIpc) is 2.65. The molecular formula is C10H11N3O5. The second-order valence-electron chi connectivity index (χ2n) is 3.91. The summed E-state index contributed by atoms with van der Waals surface area (Å²) >= 11 is 0. The topological polar surface area (TPSA) is 128 Å². The SMILES string of the molecule is N#C[C@H]1C(O)[C@@H](CO)O[C@H]1n1ccc(=O)[nH]c1=O. The first kappa shape index (κ1) is 12.5. The number of aliphatic hydroxyl groups is 2. The number of H-pyrrole nitrogens is 1. The van der Waals surface area contributed by atoms with E-state index in [-0.39, 0.29) is 0 Å². The standard InChI is InChI=1S/C10H11N3O5/c11-3-5-8(16)6(4-14)18-9(5)13-2-1-7(15)12-10(13)17/h1-2,5-6,8-9,14,16H,4H2,(H,12,15,17)/t5-,6+,8?,9+/m0/s1. The fourth-order valence-corrected chi connectivity index (χ4v) is 1.90. The summed E-state index contributed by atoms with van der Waals surface area (Å²) in [5.41, 5.74) is -1.31. The molecule has 1 aliphatic heterocycles. The molecule has 8 heteroatoms. The number of aliphatic hydroxyl groups excluding tert-OH is 2. The Morgan fingerprint density at radius 3 is 2.83 bits per heavy atom. The zero-order valence-corrected chi connectivity index (χ0v) is 9.18. The lowest BCUT2D eigenvalue weighted by Crippen LogP contribution is -2.34. The molecule has 2 heterocycles. The molecule has 0 radical (unpaired) electrons. The van der Waals surface area contributed by atoms with Crippen molar-refractivity contribution in [3.8, 4) is 6.07 Å². The van der Waals surface area contributed by atoms with Crippen LogP contribution in [-0.2, 0) is 4.74 Å². The number of nitriles is 1. The highest BCUT2D eigenvalue weighted by Gasteiger charge is 2.44. The van der Waals surface area contributed by atoms with Crippen LogP contribution in [0.1, 0.15) is 6.23 Å². The van der Waals surface area contributed by atoms with Crippen LogP contribution >= 0.6 is 0 Å². The first-order valence-electron chi connectivity index (χ1n) is 5.24. The van der Waals surface area contributed by atoms with E-state index in [9.17, 15) is 14.7 Å². The molecule has 1 unspecified atom stereocenters. The molecular weight excluding hydrogens is 242 g/mol. The zero-order chi connectivity index (χ0) is 13.3. The average molecular weight is 253 g/mol. The molecule has 8 nitrogen and oxygen atoms in total. The van der Waals surface area contributed by atoms with Crippen LogP contribution in [0.3, 0.4) is 0 Å². The van der Waals surface area contributed by atoms with Gasteiger partial charge in [0.2, 0.25) is 0 Å². The molecule has 96 valence electrons. The Bertz CT molecular complexity index is 586. The molecule has 0 saturated carbocycles. The molecule has 18 heavy (non-hydrogen) atoms.